The molecule has 2 aliphatic rings. The second-order valence-electron chi connectivity index (χ2n) is 9.01. The molecular weight excluding hydrogens is 416 g/mol. The van der Waals surface area contributed by atoms with Gasteiger partial charge in [0.2, 0.25) is 0 Å². The molecule has 1 aromatic heterocycles. The maximum absolute atomic E-state index is 13.4. The Morgan fingerprint density at radius 2 is 1.94 bits per heavy atom. The Hall–Kier alpha value is -3.12. The third kappa shape index (κ3) is 4.15. The number of carbonyl (C=O) groups excluding carboxylic acids is 2. The highest BCUT2D eigenvalue weighted by Crippen LogP contribution is 2.34. The minimum absolute atomic E-state index is 0.00303. The quantitative estimate of drug-likeness (QED) is 0.497. The maximum atomic E-state index is 13.4. The molecule has 1 saturated heterocycles. The van der Waals surface area contributed by atoms with Gasteiger partial charge < -0.3 is 18.9 Å². The standard InChI is InChI=1S/C27H32N2O4/c1-16-9-10-24(17(2)12-16)29-18(3)13-21(19(29)4)14-23-25(27(31)32-6)20(5)28(26(23)30)15-22-8-7-11-33-22/h9-10,12-14,22H,7-8,11,15H2,1-6H3/b23-14+/t22-/m0/s1. The first-order chi connectivity index (χ1) is 15.7. The monoisotopic (exact) mass is 448 g/mol. The summed E-state index contributed by atoms with van der Waals surface area (Å²) in [6, 6.07) is 8.44. The second kappa shape index (κ2) is 9.02. The Kier molecular flexibility index (Phi) is 6.30. The molecule has 174 valence electrons. The average molecular weight is 449 g/mol. The molecule has 6 nitrogen and oxygen atoms in total. The van der Waals surface area contributed by atoms with E-state index in [1.165, 1.54) is 18.2 Å². The van der Waals surface area contributed by atoms with Crippen LogP contribution in [0.3, 0.4) is 0 Å². The van der Waals surface area contributed by atoms with Crippen molar-refractivity contribution in [1.82, 2.24) is 9.47 Å². The molecule has 0 radical (unpaired) electrons. The Bertz CT molecular complexity index is 1180. The molecule has 1 amide bonds. The van der Waals surface area contributed by atoms with E-state index in [9.17, 15) is 9.59 Å². The molecule has 6 heteroatoms. The van der Waals surface area contributed by atoms with E-state index in [2.05, 4.69) is 49.6 Å². The summed E-state index contributed by atoms with van der Waals surface area (Å²) in [6.45, 7) is 11.2. The van der Waals surface area contributed by atoms with Gasteiger partial charge in [-0.3, -0.25) is 4.79 Å². The topological polar surface area (TPSA) is 60.8 Å². The Morgan fingerprint density at radius 1 is 1.18 bits per heavy atom. The van der Waals surface area contributed by atoms with Crippen LogP contribution in [0.1, 0.15) is 47.8 Å². The van der Waals surface area contributed by atoms with Crippen LogP contribution in [0.2, 0.25) is 0 Å². The number of carbonyl (C=O) groups is 2. The van der Waals surface area contributed by atoms with Crippen LogP contribution in [0.25, 0.3) is 11.8 Å². The minimum atomic E-state index is -0.495. The zero-order valence-corrected chi connectivity index (χ0v) is 20.3. The Labute approximate surface area is 195 Å². The first-order valence-corrected chi connectivity index (χ1v) is 11.4. The van der Waals surface area contributed by atoms with E-state index in [1.807, 2.05) is 13.0 Å². The van der Waals surface area contributed by atoms with Crippen molar-refractivity contribution in [1.29, 1.82) is 0 Å². The van der Waals surface area contributed by atoms with Crippen LogP contribution < -0.4 is 0 Å². The number of ether oxygens (including phenoxy) is 2. The predicted molar refractivity (Wildman–Crippen MR) is 128 cm³/mol. The first-order valence-electron chi connectivity index (χ1n) is 11.4. The summed E-state index contributed by atoms with van der Waals surface area (Å²) in [5.41, 5.74) is 7.81. The van der Waals surface area contributed by atoms with Gasteiger partial charge in [-0.15, -0.1) is 0 Å². The number of aromatic nitrogens is 1. The lowest BCUT2D eigenvalue weighted by molar-refractivity contribution is -0.136. The van der Waals surface area contributed by atoms with Gasteiger partial charge in [-0.25, -0.2) is 4.79 Å². The van der Waals surface area contributed by atoms with Crippen molar-refractivity contribution in [3.05, 3.63) is 69.2 Å². The number of esters is 1. The number of rotatable bonds is 5. The molecule has 1 fully saturated rings. The van der Waals surface area contributed by atoms with E-state index >= 15 is 0 Å². The number of amides is 1. The summed E-state index contributed by atoms with van der Waals surface area (Å²) in [5.74, 6) is -0.676. The highest BCUT2D eigenvalue weighted by Gasteiger charge is 2.38. The highest BCUT2D eigenvalue weighted by molar-refractivity contribution is 6.16. The maximum Gasteiger partial charge on any atom is 0.340 e. The highest BCUT2D eigenvalue weighted by atomic mass is 16.5. The van der Waals surface area contributed by atoms with Crippen molar-refractivity contribution in [2.45, 2.75) is 53.6 Å². The zero-order chi connectivity index (χ0) is 23.9. The van der Waals surface area contributed by atoms with Gasteiger partial charge in [0.15, 0.2) is 0 Å². The molecule has 0 saturated carbocycles. The molecule has 1 atom stereocenters. The average Bonchev–Trinajstić information content (AvgIpc) is 3.44. The minimum Gasteiger partial charge on any atom is -0.465 e. The van der Waals surface area contributed by atoms with Crippen molar-refractivity contribution in [2.24, 2.45) is 0 Å². The van der Waals surface area contributed by atoms with Gasteiger partial charge in [-0.05, 0) is 76.8 Å². The van der Waals surface area contributed by atoms with E-state index in [0.717, 1.165) is 35.5 Å². The van der Waals surface area contributed by atoms with E-state index in [4.69, 9.17) is 9.47 Å². The number of allylic oxidation sites excluding steroid dienone is 1. The van der Waals surface area contributed by atoms with Crippen LogP contribution in [0, 0.1) is 27.7 Å². The van der Waals surface area contributed by atoms with Crippen LogP contribution in [0.5, 0.6) is 0 Å². The molecule has 33 heavy (non-hydrogen) atoms. The molecule has 0 bridgehead atoms. The number of hydrogen-bond acceptors (Lipinski definition) is 4. The van der Waals surface area contributed by atoms with Gasteiger partial charge >= 0.3 is 5.97 Å². The Morgan fingerprint density at radius 3 is 2.58 bits per heavy atom. The molecule has 0 spiro atoms. The van der Waals surface area contributed by atoms with Gasteiger partial charge in [0, 0.05) is 29.4 Å². The number of aryl methyl sites for hydroxylation is 3. The third-order valence-electron chi connectivity index (χ3n) is 6.67. The number of hydrogen-bond donors (Lipinski definition) is 0. The van der Waals surface area contributed by atoms with E-state index in [-0.39, 0.29) is 12.0 Å². The van der Waals surface area contributed by atoms with Crippen LogP contribution in [0.15, 0.2) is 41.1 Å². The van der Waals surface area contributed by atoms with Gasteiger partial charge in [0.05, 0.1) is 30.9 Å². The summed E-state index contributed by atoms with van der Waals surface area (Å²) in [5, 5.41) is 0. The largest absolute Gasteiger partial charge is 0.465 e. The number of benzene rings is 1. The van der Waals surface area contributed by atoms with Gasteiger partial charge in [-0.2, -0.15) is 0 Å². The number of methoxy groups -OCH3 is 1. The normalized spacial score (nSPS) is 19.8. The van der Waals surface area contributed by atoms with E-state index in [1.54, 1.807) is 11.8 Å². The molecule has 4 rings (SSSR count). The lowest BCUT2D eigenvalue weighted by atomic mass is 10.0. The summed E-state index contributed by atoms with van der Waals surface area (Å²) < 4.78 is 13.0. The summed E-state index contributed by atoms with van der Waals surface area (Å²) in [7, 11) is 1.35. The smallest absolute Gasteiger partial charge is 0.340 e. The Balaban J connectivity index is 1.77. The summed E-state index contributed by atoms with van der Waals surface area (Å²) in [4.78, 5) is 27.8. The molecule has 3 heterocycles. The molecule has 0 unspecified atom stereocenters. The van der Waals surface area contributed by atoms with Crippen molar-refractivity contribution in [2.75, 3.05) is 20.3 Å². The van der Waals surface area contributed by atoms with Gasteiger partial charge in [0.25, 0.3) is 5.91 Å². The van der Waals surface area contributed by atoms with Crippen molar-refractivity contribution < 1.29 is 19.1 Å². The van der Waals surface area contributed by atoms with Crippen molar-refractivity contribution in [3.63, 3.8) is 0 Å². The summed E-state index contributed by atoms with van der Waals surface area (Å²) in [6.07, 6.45) is 3.74. The number of nitrogens with zero attached hydrogens (tertiary/aromatic N) is 2. The molecular formula is C27H32N2O4. The van der Waals surface area contributed by atoms with Crippen LogP contribution >= 0.6 is 0 Å². The molecule has 1 aromatic carbocycles. The van der Waals surface area contributed by atoms with Crippen LogP contribution in [0.4, 0.5) is 0 Å². The van der Waals surface area contributed by atoms with Gasteiger partial charge in [0.1, 0.15) is 0 Å². The lowest BCUT2D eigenvalue weighted by Crippen LogP contribution is -2.33. The fourth-order valence-electron chi connectivity index (χ4n) is 4.96. The zero-order valence-electron chi connectivity index (χ0n) is 20.3. The fraction of sp³-hybridized carbons (Fsp3) is 0.407. The second-order valence-corrected chi connectivity index (χ2v) is 9.01. The third-order valence-corrected chi connectivity index (χ3v) is 6.67. The molecule has 0 N–H and O–H groups in total. The van der Waals surface area contributed by atoms with Crippen molar-refractivity contribution in [3.8, 4) is 5.69 Å². The SMILES string of the molecule is COC(=O)C1=C(C)N(C[C@@H]2CCCO2)C(=O)/C1=C/c1cc(C)n(-c2ccc(C)cc2C)c1C. The van der Waals surface area contributed by atoms with Gasteiger partial charge in [-0.1, -0.05) is 17.7 Å². The summed E-state index contributed by atoms with van der Waals surface area (Å²) >= 11 is 0. The van der Waals surface area contributed by atoms with Crippen LogP contribution in [-0.2, 0) is 19.1 Å². The first kappa shape index (κ1) is 23.1. The molecule has 0 aliphatic carbocycles. The van der Waals surface area contributed by atoms with E-state index in [0.29, 0.717) is 30.0 Å². The lowest BCUT2D eigenvalue weighted by Gasteiger charge is -2.21. The molecule has 2 aliphatic heterocycles. The predicted octanol–water partition coefficient (Wildman–Crippen LogP) is 4.56. The fourth-order valence-corrected chi connectivity index (χ4v) is 4.96. The van der Waals surface area contributed by atoms with Crippen LogP contribution in [-0.4, -0.2) is 47.7 Å². The molecule has 2 aromatic rings. The van der Waals surface area contributed by atoms with Crippen molar-refractivity contribution >= 4 is 18.0 Å². The van der Waals surface area contributed by atoms with E-state index < -0.39 is 5.97 Å².